The van der Waals surface area contributed by atoms with E-state index in [4.69, 9.17) is 0 Å². The van der Waals surface area contributed by atoms with Gasteiger partial charge in [0.15, 0.2) is 0 Å². The van der Waals surface area contributed by atoms with Gasteiger partial charge in [0.25, 0.3) is 17.7 Å². The average molecular weight is 570 g/mol. The number of anilines is 2. The van der Waals surface area contributed by atoms with Crippen molar-refractivity contribution >= 4 is 40.6 Å². The highest BCUT2D eigenvalue weighted by Gasteiger charge is 2.39. The van der Waals surface area contributed by atoms with Gasteiger partial charge in [-0.25, -0.2) is 4.98 Å². The number of aromatic nitrogens is 1. The highest BCUT2D eigenvalue weighted by atomic mass is 32.1. The molecule has 9 heteroatoms. The minimum absolute atomic E-state index is 0.0346. The van der Waals surface area contributed by atoms with Crippen LogP contribution < -0.4 is 15.5 Å². The largest absolute Gasteiger partial charge is 0.356 e. The van der Waals surface area contributed by atoms with Crippen LogP contribution in [0.15, 0.2) is 48.7 Å². The number of benzene rings is 1. The van der Waals surface area contributed by atoms with Gasteiger partial charge in [0.2, 0.25) is 0 Å². The van der Waals surface area contributed by atoms with Gasteiger partial charge < -0.3 is 20.4 Å². The maximum Gasteiger partial charge on any atom is 0.261 e. The van der Waals surface area contributed by atoms with Gasteiger partial charge >= 0.3 is 0 Å². The number of thiophene rings is 1. The molecule has 2 aliphatic heterocycles. The summed E-state index contributed by atoms with van der Waals surface area (Å²) in [5.74, 6) is 1.04. The van der Waals surface area contributed by atoms with Crippen molar-refractivity contribution in [1.82, 2.24) is 15.2 Å². The van der Waals surface area contributed by atoms with Crippen molar-refractivity contribution in [1.29, 1.82) is 0 Å². The number of pyridine rings is 1. The van der Waals surface area contributed by atoms with Crippen LogP contribution in [0.1, 0.15) is 91.7 Å². The fraction of sp³-hybridized carbons (Fsp3) is 0.438. The van der Waals surface area contributed by atoms with Crippen molar-refractivity contribution in [3.05, 3.63) is 75.1 Å². The van der Waals surface area contributed by atoms with Crippen molar-refractivity contribution in [3.63, 3.8) is 0 Å². The van der Waals surface area contributed by atoms with E-state index in [-0.39, 0.29) is 29.7 Å². The maximum atomic E-state index is 13.8. The quantitative estimate of drug-likeness (QED) is 0.424. The third-order valence-electron chi connectivity index (χ3n) is 8.91. The number of nitrogens with zero attached hydrogens (tertiary/aromatic N) is 3. The molecule has 2 aromatic heterocycles. The summed E-state index contributed by atoms with van der Waals surface area (Å²) in [5.41, 5.74) is 3.00. The lowest BCUT2D eigenvalue weighted by molar-refractivity contribution is 0.0618. The van der Waals surface area contributed by atoms with E-state index in [1.54, 1.807) is 35.7 Å². The fourth-order valence-corrected chi connectivity index (χ4v) is 7.62. The van der Waals surface area contributed by atoms with Crippen molar-refractivity contribution < 1.29 is 14.4 Å². The summed E-state index contributed by atoms with van der Waals surface area (Å²) in [6, 6.07) is 13.5. The molecule has 2 aliphatic carbocycles. The van der Waals surface area contributed by atoms with Crippen LogP contribution in [0.25, 0.3) is 0 Å². The lowest BCUT2D eigenvalue weighted by Crippen LogP contribution is -2.44. The molecule has 1 saturated heterocycles. The van der Waals surface area contributed by atoms with Gasteiger partial charge in [0.05, 0.1) is 10.4 Å². The molecule has 2 N–H and O–H groups in total. The summed E-state index contributed by atoms with van der Waals surface area (Å²) >= 11 is 1.64. The van der Waals surface area contributed by atoms with E-state index in [2.05, 4.69) is 31.5 Å². The minimum atomic E-state index is -0.222. The van der Waals surface area contributed by atoms with E-state index in [0.29, 0.717) is 29.4 Å². The molecule has 3 aromatic rings. The van der Waals surface area contributed by atoms with E-state index in [1.807, 2.05) is 18.2 Å². The van der Waals surface area contributed by atoms with Crippen LogP contribution in [-0.4, -0.2) is 59.3 Å². The zero-order valence-electron chi connectivity index (χ0n) is 23.1. The molecule has 8 nitrogen and oxygen atoms in total. The molecule has 3 fully saturated rings. The molecule has 3 amide bonds. The predicted octanol–water partition coefficient (Wildman–Crippen LogP) is 5.22. The molecule has 2 saturated carbocycles. The molecular weight excluding hydrogens is 534 g/mol. The lowest BCUT2D eigenvalue weighted by Gasteiger charge is -2.38. The zero-order valence-corrected chi connectivity index (χ0v) is 23.9. The summed E-state index contributed by atoms with van der Waals surface area (Å²) in [4.78, 5) is 50.1. The van der Waals surface area contributed by atoms with E-state index < -0.39 is 0 Å². The van der Waals surface area contributed by atoms with Crippen molar-refractivity contribution in [2.45, 2.75) is 69.4 Å². The molecule has 0 spiro atoms. The third-order valence-corrected chi connectivity index (χ3v) is 10.2. The summed E-state index contributed by atoms with van der Waals surface area (Å²) in [6.07, 6.45) is 10.0. The van der Waals surface area contributed by atoms with Crippen LogP contribution in [0.3, 0.4) is 0 Å². The molecule has 0 bridgehead atoms. The van der Waals surface area contributed by atoms with Gasteiger partial charge in [-0.05, 0) is 86.6 Å². The molecule has 41 heavy (non-hydrogen) atoms. The first-order valence-electron chi connectivity index (χ1n) is 14.9. The topological polar surface area (TPSA) is 94.6 Å². The highest BCUT2D eigenvalue weighted by molar-refractivity contribution is 7.14. The van der Waals surface area contributed by atoms with Gasteiger partial charge in [-0.1, -0.05) is 12.8 Å². The maximum absolute atomic E-state index is 13.8. The van der Waals surface area contributed by atoms with E-state index >= 15 is 0 Å². The Morgan fingerprint density at radius 1 is 0.854 bits per heavy atom. The highest BCUT2D eigenvalue weighted by Crippen LogP contribution is 2.44. The molecule has 212 valence electrons. The second-order valence-electron chi connectivity index (χ2n) is 11.7. The number of hydrogen-bond donors (Lipinski definition) is 2. The molecular formula is C32H35N5O3S. The number of carbonyl (C=O) groups is 3. The number of hydrogen-bond acceptors (Lipinski definition) is 6. The number of amides is 3. The Labute approximate surface area is 244 Å². The Morgan fingerprint density at radius 3 is 2.34 bits per heavy atom. The Bertz CT molecular complexity index is 1460. The van der Waals surface area contributed by atoms with E-state index in [0.717, 1.165) is 68.7 Å². The smallest absolute Gasteiger partial charge is 0.261 e. The molecule has 0 radical (unpaired) electrons. The number of nitrogens with one attached hydrogen (secondary N) is 2. The van der Waals surface area contributed by atoms with Gasteiger partial charge in [0.1, 0.15) is 5.82 Å². The van der Waals surface area contributed by atoms with Crippen molar-refractivity contribution in [2.75, 3.05) is 29.9 Å². The predicted molar refractivity (Wildman–Crippen MR) is 160 cm³/mol. The molecule has 7 rings (SSSR count). The lowest BCUT2D eigenvalue weighted by atomic mass is 9.82. The SMILES string of the molecule is O=C(Nc1ccc(C(=O)N2CCc3cc(C(=O)NC4CC4)sc3C3CCCCC32)cc1)c1ccc(N2CCC2)nc1. The van der Waals surface area contributed by atoms with Crippen LogP contribution in [0, 0.1) is 0 Å². The Balaban J connectivity index is 1.03. The van der Waals surface area contributed by atoms with Gasteiger partial charge in [-0.3, -0.25) is 14.4 Å². The standard InChI is InChI=1S/C32H35N5O3S/c38-30(22-8-13-28(33-19-22)36-15-3-16-36)34-23-9-6-20(7-10-23)32(40)37-17-14-21-18-27(31(39)35-24-11-12-24)41-29(21)25-4-1-2-5-26(25)37/h6-10,13,18-19,24-26H,1-5,11-12,14-17H2,(H,34,38)(H,35,39). The normalized spacial score (nSPS) is 21.7. The monoisotopic (exact) mass is 569 g/mol. The van der Waals surface area contributed by atoms with Gasteiger partial charge in [-0.15, -0.1) is 11.3 Å². The molecule has 1 aromatic carbocycles. The second kappa shape index (κ2) is 10.9. The molecule has 4 aliphatic rings. The summed E-state index contributed by atoms with van der Waals surface area (Å²) < 4.78 is 0. The molecule has 4 heterocycles. The number of rotatable bonds is 6. The Kier molecular flexibility index (Phi) is 6.98. The van der Waals surface area contributed by atoms with Crippen LogP contribution in [-0.2, 0) is 6.42 Å². The second-order valence-corrected chi connectivity index (χ2v) is 12.8. The minimum Gasteiger partial charge on any atom is -0.356 e. The van der Waals surface area contributed by atoms with Crippen LogP contribution in [0.2, 0.25) is 0 Å². The van der Waals surface area contributed by atoms with Gasteiger partial charge in [-0.2, -0.15) is 0 Å². The number of fused-ring (bicyclic) bond motifs is 3. The summed E-state index contributed by atoms with van der Waals surface area (Å²) in [7, 11) is 0. The Hall–Kier alpha value is -3.72. The number of carbonyl (C=O) groups excluding carboxylic acids is 3. The summed E-state index contributed by atoms with van der Waals surface area (Å²) in [6.45, 7) is 2.67. The first-order valence-corrected chi connectivity index (χ1v) is 15.7. The van der Waals surface area contributed by atoms with Crippen molar-refractivity contribution in [3.8, 4) is 0 Å². The average Bonchev–Trinajstić information content (AvgIpc) is 3.71. The summed E-state index contributed by atoms with van der Waals surface area (Å²) in [5, 5.41) is 6.05. The fourth-order valence-electron chi connectivity index (χ4n) is 6.32. The first kappa shape index (κ1) is 26.2. The van der Waals surface area contributed by atoms with Crippen LogP contribution in [0.5, 0.6) is 0 Å². The zero-order chi connectivity index (χ0) is 27.9. The molecule has 2 atom stereocenters. The van der Waals surface area contributed by atoms with E-state index in [1.165, 1.54) is 16.9 Å². The van der Waals surface area contributed by atoms with Crippen molar-refractivity contribution in [2.24, 2.45) is 0 Å². The Morgan fingerprint density at radius 2 is 1.63 bits per heavy atom. The van der Waals surface area contributed by atoms with Gasteiger partial charge in [0, 0.05) is 60.0 Å². The van der Waals surface area contributed by atoms with Crippen LogP contribution in [0.4, 0.5) is 11.5 Å². The van der Waals surface area contributed by atoms with Crippen LogP contribution >= 0.6 is 11.3 Å². The first-order chi connectivity index (χ1) is 20.0. The van der Waals surface area contributed by atoms with E-state index in [9.17, 15) is 14.4 Å². The third kappa shape index (κ3) is 5.35. The molecule has 2 unspecified atom stereocenters.